The fraction of sp³-hybridized carbons (Fsp3) is 0.353. The number of benzene rings is 1. The number of nitrogens with zero attached hydrogens (tertiary/aromatic N) is 2. The largest absolute Gasteiger partial charge is 0.380 e. The van der Waals surface area contributed by atoms with E-state index in [1.807, 2.05) is 12.4 Å². The molecule has 0 bridgehead atoms. The van der Waals surface area contributed by atoms with E-state index in [0.717, 1.165) is 23.2 Å². The number of anilines is 1. The van der Waals surface area contributed by atoms with Crippen LogP contribution in [0.25, 0.3) is 0 Å². The Bertz CT molecular complexity index is 573. The molecule has 0 spiro atoms. The third kappa shape index (κ3) is 4.29. The third-order valence-corrected chi connectivity index (χ3v) is 4.26. The average molecular weight is 346 g/mol. The Morgan fingerprint density at radius 1 is 1.24 bits per heavy atom. The first kappa shape index (κ1) is 14.5. The highest BCUT2D eigenvalue weighted by molar-refractivity contribution is 9.10. The van der Waals surface area contributed by atoms with E-state index in [0.29, 0.717) is 6.04 Å². The number of hydrogen-bond acceptors (Lipinski definition) is 3. The fourth-order valence-electron chi connectivity index (χ4n) is 2.89. The predicted octanol–water partition coefficient (Wildman–Crippen LogP) is 3.92. The van der Waals surface area contributed by atoms with Crippen molar-refractivity contribution in [2.75, 3.05) is 18.4 Å². The van der Waals surface area contributed by atoms with E-state index in [4.69, 9.17) is 0 Å². The SMILES string of the molecule is Brc1cncc(NC2CCCN(Cc3ccccc3)C2)c1. The van der Waals surface area contributed by atoms with Crippen LogP contribution in [0.5, 0.6) is 0 Å². The maximum absolute atomic E-state index is 4.21. The minimum Gasteiger partial charge on any atom is -0.380 e. The van der Waals surface area contributed by atoms with Crippen molar-refractivity contribution in [3.05, 3.63) is 58.8 Å². The first-order chi connectivity index (χ1) is 10.3. The van der Waals surface area contributed by atoms with Crippen molar-refractivity contribution >= 4 is 21.6 Å². The summed E-state index contributed by atoms with van der Waals surface area (Å²) in [6, 6.07) is 13.3. The van der Waals surface area contributed by atoms with Gasteiger partial charge in [-0.2, -0.15) is 0 Å². The van der Waals surface area contributed by atoms with E-state index in [1.165, 1.54) is 24.9 Å². The molecular formula is C17H20BrN3. The molecule has 1 aliphatic rings. The van der Waals surface area contributed by atoms with Crippen molar-refractivity contribution in [1.82, 2.24) is 9.88 Å². The Labute approximate surface area is 134 Å². The lowest BCUT2D eigenvalue weighted by molar-refractivity contribution is 0.208. The zero-order valence-electron chi connectivity index (χ0n) is 12.0. The van der Waals surface area contributed by atoms with Gasteiger partial charge >= 0.3 is 0 Å². The first-order valence-corrected chi connectivity index (χ1v) is 8.22. The smallest absolute Gasteiger partial charge is 0.0540 e. The Kier molecular flexibility index (Phi) is 4.88. The van der Waals surface area contributed by atoms with Gasteiger partial charge in [-0.1, -0.05) is 30.3 Å². The topological polar surface area (TPSA) is 28.2 Å². The molecule has 0 radical (unpaired) electrons. The molecule has 0 aliphatic carbocycles. The summed E-state index contributed by atoms with van der Waals surface area (Å²) < 4.78 is 1.02. The van der Waals surface area contributed by atoms with Crippen LogP contribution in [0, 0.1) is 0 Å². The summed E-state index contributed by atoms with van der Waals surface area (Å²) in [7, 11) is 0. The minimum atomic E-state index is 0.499. The van der Waals surface area contributed by atoms with Gasteiger partial charge in [0.05, 0.1) is 11.9 Å². The lowest BCUT2D eigenvalue weighted by Gasteiger charge is -2.33. The number of likely N-dealkylation sites (tertiary alicyclic amines) is 1. The van der Waals surface area contributed by atoms with Gasteiger partial charge in [0.25, 0.3) is 0 Å². The Balaban J connectivity index is 1.58. The summed E-state index contributed by atoms with van der Waals surface area (Å²) in [4.78, 5) is 6.74. The van der Waals surface area contributed by atoms with Crippen LogP contribution in [-0.4, -0.2) is 29.0 Å². The van der Waals surface area contributed by atoms with Gasteiger partial charge in [-0.25, -0.2) is 0 Å². The maximum Gasteiger partial charge on any atom is 0.0540 e. The lowest BCUT2D eigenvalue weighted by atomic mass is 10.0. The second-order valence-electron chi connectivity index (χ2n) is 5.60. The molecule has 1 fully saturated rings. The van der Waals surface area contributed by atoms with Crippen LogP contribution in [0.4, 0.5) is 5.69 Å². The molecule has 2 heterocycles. The van der Waals surface area contributed by atoms with Gasteiger partial charge in [-0.3, -0.25) is 9.88 Å². The monoisotopic (exact) mass is 345 g/mol. The van der Waals surface area contributed by atoms with E-state index >= 15 is 0 Å². The third-order valence-electron chi connectivity index (χ3n) is 3.83. The molecule has 21 heavy (non-hydrogen) atoms. The van der Waals surface area contributed by atoms with Crippen LogP contribution < -0.4 is 5.32 Å². The highest BCUT2D eigenvalue weighted by Gasteiger charge is 2.19. The van der Waals surface area contributed by atoms with E-state index in [-0.39, 0.29) is 0 Å². The van der Waals surface area contributed by atoms with Crippen molar-refractivity contribution in [3.8, 4) is 0 Å². The van der Waals surface area contributed by atoms with Gasteiger partial charge in [-0.05, 0) is 46.9 Å². The van der Waals surface area contributed by atoms with Crippen LogP contribution >= 0.6 is 15.9 Å². The molecule has 1 aromatic carbocycles. The van der Waals surface area contributed by atoms with Gasteiger partial charge in [0, 0.05) is 29.8 Å². The van der Waals surface area contributed by atoms with Gasteiger partial charge < -0.3 is 5.32 Å². The Hall–Kier alpha value is -1.39. The van der Waals surface area contributed by atoms with Crippen LogP contribution in [0.1, 0.15) is 18.4 Å². The van der Waals surface area contributed by atoms with Crippen molar-refractivity contribution in [2.24, 2.45) is 0 Å². The van der Waals surface area contributed by atoms with Crippen LogP contribution in [-0.2, 0) is 6.54 Å². The lowest BCUT2D eigenvalue weighted by Crippen LogP contribution is -2.41. The molecule has 110 valence electrons. The molecule has 3 rings (SSSR count). The number of nitrogens with one attached hydrogen (secondary N) is 1. The molecule has 1 N–H and O–H groups in total. The summed E-state index contributed by atoms with van der Waals surface area (Å²) in [5, 5.41) is 3.60. The first-order valence-electron chi connectivity index (χ1n) is 7.43. The maximum atomic E-state index is 4.21. The van der Waals surface area contributed by atoms with Crippen molar-refractivity contribution in [2.45, 2.75) is 25.4 Å². The van der Waals surface area contributed by atoms with Gasteiger partial charge in [0.15, 0.2) is 0 Å². The fourth-order valence-corrected chi connectivity index (χ4v) is 3.25. The predicted molar refractivity (Wildman–Crippen MR) is 90.3 cm³/mol. The molecule has 1 aromatic heterocycles. The number of hydrogen-bond donors (Lipinski definition) is 1. The standard InChI is InChI=1S/C17H20BrN3/c18-15-9-17(11-19-10-15)20-16-7-4-8-21(13-16)12-14-5-2-1-3-6-14/h1-3,5-6,9-11,16,20H,4,7-8,12-13H2. The van der Waals surface area contributed by atoms with E-state index in [1.54, 1.807) is 0 Å². The van der Waals surface area contributed by atoms with E-state index < -0.39 is 0 Å². The highest BCUT2D eigenvalue weighted by Crippen LogP contribution is 2.19. The second-order valence-corrected chi connectivity index (χ2v) is 6.51. The molecule has 1 unspecified atom stereocenters. The molecule has 4 heteroatoms. The van der Waals surface area contributed by atoms with Gasteiger partial charge in [0.2, 0.25) is 0 Å². The Morgan fingerprint density at radius 3 is 2.90 bits per heavy atom. The van der Waals surface area contributed by atoms with Crippen LogP contribution in [0.15, 0.2) is 53.3 Å². The van der Waals surface area contributed by atoms with Crippen LogP contribution in [0.2, 0.25) is 0 Å². The van der Waals surface area contributed by atoms with Crippen molar-refractivity contribution in [1.29, 1.82) is 0 Å². The number of aromatic nitrogens is 1. The summed E-state index contributed by atoms with van der Waals surface area (Å²) in [5.41, 5.74) is 2.48. The zero-order valence-corrected chi connectivity index (χ0v) is 13.6. The van der Waals surface area contributed by atoms with Gasteiger partial charge in [0.1, 0.15) is 0 Å². The molecule has 3 nitrogen and oxygen atoms in total. The van der Waals surface area contributed by atoms with Crippen molar-refractivity contribution in [3.63, 3.8) is 0 Å². The highest BCUT2D eigenvalue weighted by atomic mass is 79.9. The number of rotatable bonds is 4. The van der Waals surface area contributed by atoms with Crippen LogP contribution in [0.3, 0.4) is 0 Å². The van der Waals surface area contributed by atoms with Gasteiger partial charge in [-0.15, -0.1) is 0 Å². The molecule has 0 saturated carbocycles. The molecular weight excluding hydrogens is 326 g/mol. The summed E-state index contributed by atoms with van der Waals surface area (Å²) in [6.07, 6.45) is 6.17. The number of piperidine rings is 1. The zero-order chi connectivity index (χ0) is 14.5. The summed E-state index contributed by atoms with van der Waals surface area (Å²) >= 11 is 3.47. The summed E-state index contributed by atoms with van der Waals surface area (Å²) in [6.45, 7) is 3.31. The van der Waals surface area contributed by atoms with E-state index in [2.05, 4.69) is 67.5 Å². The van der Waals surface area contributed by atoms with E-state index in [9.17, 15) is 0 Å². The molecule has 0 amide bonds. The Morgan fingerprint density at radius 2 is 2.10 bits per heavy atom. The minimum absolute atomic E-state index is 0.499. The molecule has 1 atom stereocenters. The number of halogens is 1. The molecule has 1 aliphatic heterocycles. The number of pyridine rings is 1. The quantitative estimate of drug-likeness (QED) is 0.910. The molecule has 2 aromatic rings. The normalized spacial score (nSPS) is 19.4. The second kappa shape index (κ2) is 7.05. The average Bonchev–Trinajstić information content (AvgIpc) is 2.49. The summed E-state index contributed by atoms with van der Waals surface area (Å²) in [5.74, 6) is 0. The molecule has 1 saturated heterocycles. The van der Waals surface area contributed by atoms with Crippen molar-refractivity contribution < 1.29 is 0 Å².